The Labute approximate surface area is 280 Å². The minimum Gasteiger partial charge on any atom is -0.486 e. The predicted molar refractivity (Wildman–Crippen MR) is 176 cm³/mol. The summed E-state index contributed by atoms with van der Waals surface area (Å²) in [5.74, 6) is 0.225. The summed E-state index contributed by atoms with van der Waals surface area (Å²) < 4.78 is 59.3. The van der Waals surface area contributed by atoms with Gasteiger partial charge in [-0.1, -0.05) is 57.2 Å². The third kappa shape index (κ3) is 12.3. The molecule has 2 aromatic carbocycles. The SMILES string of the molecule is C=C(CO)C(=O)OCCOc1ccc(-c2ccc(C3CCC(CCCCC(F)(F)F)CC3)c(CC)c2)cc1OCCOC(=O)C(=C)CO. The molecule has 8 nitrogen and oxygen atoms in total. The molecule has 1 aliphatic rings. The molecule has 2 N–H and O–H groups in total. The summed E-state index contributed by atoms with van der Waals surface area (Å²) in [6, 6.07) is 11.9. The van der Waals surface area contributed by atoms with Crippen molar-refractivity contribution in [2.24, 2.45) is 5.92 Å². The lowest BCUT2D eigenvalue weighted by atomic mass is 9.75. The Morgan fingerprint density at radius 3 is 1.92 bits per heavy atom. The van der Waals surface area contributed by atoms with Crippen LogP contribution in [0, 0.1) is 5.92 Å². The number of carbonyl (C=O) groups is 2. The van der Waals surface area contributed by atoms with Crippen molar-refractivity contribution in [2.75, 3.05) is 39.6 Å². The minimum atomic E-state index is -4.07. The fraction of sp³-hybridized carbons (Fsp3) is 0.514. The first-order chi connectivity index (χ1) is 22.9. The van der Waals surface area contributed by atoms with E-state index in [1.54, 1.807) is 6.07 Å². The van der Waals surface area contributed by atoms with Crippen molar-refractivity contribution in [3.8, 4) is 22.6 Å². The molecular weight excluding hydrogens is 629 g/mol. The van der Waals surface area contributed by atoms with Gasteiger partial charge in [0.1, 0.15) is 26.4 Å². The van der Waals surface area contributed by atoms with Crippen molar-refractivity contribution in [1.82, 2.24) is 0 Å². The van der Waals surface area contributed by atoms with Gasteiger partial charge in [-0.2, -0.15) is 13.2 Å². The first-order valence-electron chi connectivity index (χ1n) is 16.5. The third-order valence-corrected chi connectivity index (χ3v) is 8.52. The summed E-state index contributed by atoms with van der Waals surface area (Å²) in [7, 11) is 0. The van der Waals surface area contributed by atoms with E-state index in [9.17, 15) is 22.8 Å². The molecular formula is C37H47F3O8. The van der Waals surface area contributed by atoms with Gasteiger partial charge in [0.05, 0.1) is 24.4 Å². The molecule has 48 heavy (non-hydrogen) atoms. The molecule has 0 unspecified atom stereocenters. The molecule has 0 spiro atoms. The zero-order valence-corrected chi connectivity index (χ0v) is 27.6. The fourth-order valence-corrected chi connectivity index (χ4v) is 5.84. The van der Waals surface area contributed by atoms with Gasteiger partial charge in [0, 0.05) is 6.42 Å². The lowest BCUT2D eigenvalue weighted by molar-refractivity contribution is -0.141. The van der Waals surface area contributed by atoms with E-state index >= 15 is 0 Å². The van der Waals surface area contributed by atoms with Gasteiger partial charge in [-0.05, 0) is 84.7 Å². The number of aryl methyl sites for hydroxylation is 1. The van der Waals surface area contributed by atoms with Crippen LogP contribution < -0.4 is 9.47 Å². The maximum atomic E-state index is 12.5. The molecule has 0 aliphatic heterocycles. The van der Waals surface area contributed by atoms with Gasteiger partial charge >= 0.3 is 18.1 Å². The number of halogens is 3. The van der Waals surface area contributed by atoms with Crippen molar-refractivity contribution in [1.29, 1.82) is 0 Å². The number of ether oxygens (including phenoxy) is 4. The first kappa shape index (κ1) is 38.6. The summed E-state index contributed by atoms with van der Waals surface area (Å²) in [4.78, 5) is 23.6. The highest BCUT2D eigenvalue weighted by Gasteiger charge is 2.27. The monoisotopic (exact) mass is 676 g/mol. The number of carbonyl (C=O) groups excluding carboxylic acids is 2. The number of hydrogen-bond acceptors (Lipinski definition) is 8. The Kier molecular flexibility index (Phi) is 15.5. The number of aliphatic hydroxyl groups is 2. The van der Waals surface area contributed by atoms with Gasteiger partial charge in [0.25, 0.3) is 0 Å². The maximum Gasteiger partial charge on any atom is 0.389 e. The van der Waals surface area contributed by atoms with Crippen LogP contribution in [0.4, 0.5) is 13.2 Å². The zero-order chi connectivity index (χ0) is 35.1. The number of aliphatic hydroxyl groups excluding tert-OH is 2. The van der Waals surface area contributed by atoms with Crippen molar-refractivity contribution < 1.29 is 51.9 Å². The van der Waals surface area contributed by atoms with Crippen LogP contribution in [0.1, 0.15) is 75.3 Å². The molecule has 0 bridgehead atoms. The van der Waals surface area contributed by atoms with Gasteiger partial charge in [0.2, 0.25) is 0 Å². The van der Waals surface area contributed by atoms with E-state index in [-0.39, 0.29) is 44.0 Å². The van der Waals surface area contributed by atoms with E-state index in [1.807, 2.05) is 12.1 Å². The minimum absolute atomic E-state index is 0.000275. The van der Waals surface area contributed by atoms with Crippen molar-refractivity contribution >= 4 is 11.9 Å². The van der Waals surface area contributed by atoms with Crippen molar-refractivity contribution in [3.05, 3.63) is 71.8 Å². The second kappa shape index (κ2) is 19.2. The van der Waals surface area contributed by atoms with Crippen LogP contribution in [0.5, 0.6) is 11.5 Å². The molecule has 3 rings (SSSR count). The first-order valence-corrected chi connectivity index (χ1v) is 16.5. The Bertz CT molecular complexity index is 1380. The summed E-state index contributed by atoms with van der Waals surface area (Å²) in [6.07, 6.45) is 1.87. The molecule has 11 heteroatoms. The van der Waals surface area contributed by atoms with Crippen LogP contribution in [-0.2, 0) is 25.5 Å². The van der Waals surface area contributed by atoms with Gasteiger partial charge in [0.15, 0.2) is 11.5 Å². The van der Waals surface area contributed by atoms with Crippen LogP contribution in [0.2, 0.25) is 0 Å². The molecule has 0 amide bonds. The molecule has 264 valence electrons. The normalized spacial score (nSPS) is 16.2. The quantitative estimate of drug-likeness (QED) is 0.0910. The fourth-order valence-electron chi connectivity index (χ4n) is 5.84. The topological polar surface area (TPSA) is 112 Å². The second-order valence-electron chi connectivity index (χ2n) is 12.0. The van der Waals surface area contributed by atoms with Gasteiger partial charge in [-0.15, -0.1) is 0 Å². The van der Waals surface area contributed by atoms with E-state index in [1.165, 1.54) is 11.1 Å². The molecule has 0 heterocycles. The molecule has 0 atom stereocenters. The van der Waals surface area contributed by atoms with E-state index in [4.69, 9.17) is 29.2 Å². The lowest BCUT2D eigenvalue weighted by Gasteiger charge is -2.30. The molecule has 1 fully saturated rings. The standard InChI is InChI=1S/C37H47F3O8/c1-4-28-21-30(12-14-32(28)29-10-8-27(9-11-29)7-5-6-16-37(38,39)40)31-13-15-33(45-17-19-47-35(43)25(2)23-41)34(22-31)46-18-20-48-36(44)26(3)24-42/h12-15,21-22,27,29,41-42H,2-11,16-20,23-24H2,1H3. The van der Waals surface area contributed by atoms with E-state index in [2.05, 4.69) is 38.3 Å². The van der Waals surface area contributed by atoms with Gasteiger partial charge in [-0.25, -0.2) is 9.59 Å². The zero-order valence-electron chi connectivity index (χ0n) is 27.6. The summed E-state index contributed by atoms with van der Waals surface area (Å²) >= 11 is 0. The summed E-state index contributed by atoms with van der Waals surface area (Å²) in [5.41, 5.74) is 4.28. The van der Waals surface area contributed by atoms with Crippen LogP contribution in [0.25, 0.3) is 11.1 Å². The van der Waals surface area contributed by atoms with E-state index < -0.39 is 37.7 Å². The Balaban J connectivity index is 1.68. The predicted octanol–water partition coefficient (Wildman–Crippen LogP) is 7.25. The van der Waals surface area contributed by atoms with Crippen LogP contribution in [0.3, 0.4) is 0 Å². The average Bonchev–Trinajstić information content (AvgIpc) is 3.09. The van der Waals surface area contributed by atoms with Crippen LogP contribution in [0.15, 0.2) is 60.7 Å². The van der Waals surface area contributed by atoms with E-state index in [0.29, 0.717) is 29.8 Å². The van der Waals surface area contributed by atoms with Gasteiger partial charge in [-0.3, -0.25) is 0 Å². The molecule has 0 radical (unpaired) electrons. The third-order valence-electron chi connectivity index (χ3n) is 8.52. The Morgan fingerprint density at radius 1 is 0.792 bits per heavy atom. The highest BCUT2D eigenvalue weighted by molar-refractivity contribution is 5.88. The lowest BCUT2D eigenvalue weighted by Crippen LogP contribution is -2.16. The molecule has 1 aliphatic carbocycles. The maximum absolute atomic E-state index is 12.5. The van der Waals surface area contributed by atoms with Gasteiger partial charge < -0.3 is 29.2 Å². The molecule has 0 saturated heterocycles. The number of rotatable bonds is 19. The summed E-state index contributed by atoms with van der Waals surface area (Å²) in [5, 5.41) is 18.1. The number of hydrogen-bond donors (Lipinski definition) is 2. The van der Waals surface area contributed by atoms with Crippen molar-refractivity contribution in [3.63, 3.8) is 0 Å². The highest BCUT2D eigenvalue weighted by atomic mass is 19.4. The van der Waals surface area contributed by atoms with Crippen molar-refractivity contribution in [2.45, 2.75) is 76.8 Å². The molecule has 1 saturated carbocycles. The largest absolute Gasteiger partial charge is 0.486 e. The average molecular weight is 677 g/mol. The van der Waals surface area contributed by atoms with Crippen LogP contribution in [-0.4, -0.2) is 68.0 Å². The second-order valence-corrected chi connectivity index (χ2v) is 12.0. The number of benzene rings is 2. The Hall–Kier alpha value is -3.83. The number of alkyl halides is 3. The summed E-state index contributed by atoms with van der Waals surface area (Å²) in [6.45, 7) is 7.81. The van der Waals surface area contributed by atoms with E-state index in [0.717, 1.165) is 49.7 Å². The smallest absolute Gasteiger partial charge is 0.389 e. The molecule has 2 aromatic rings. The highest BCUT2D eigenvalue weighted by Crippen LogP contribution is 2.41. The Morgan fingerprint density at radius 2 is 1.35 bits per heavy atom. The van der Waals surface area contributed by atoms with Crippen LogP contribution >= 0.6 is 0 Å². The number of esters is 2. The molecule has 0 aromatic heterocycles. The number of unbranched alkanes of at least 4 members (excludes halogenated alkanes) is 1.